The zero-order chi connectivity index (χ0) is 19.0. The third-order valence-corrected chi connectivity index (χ3v) is 5.34. The van der Waals surface area contributed by atoms with Crippen LogP contribution in [0.5, 0.6) is 5.75 Å². The number of rotatable bonds is 4. The quantitative estimate of drug-likeness (QED) is 0.753. The van der Waals surface area contributed by atoms with Gasteiger partial charge in [0.05, 0.1) is 47.4 Å². The van der Waals surface area contributed by atoms with Crippen LogP contribution in [0.15, 0.2) is 41.2 Å². The second-order valence-corrected chi connectivity index (χ2v) is 7.08. The summed E-state index contributed by atoms with van der Waals surface area (Å²) in [6.07, 6.45) is 0.910. The second-order valence-electron chi connectivity index (χ2n) is 6.67. The fraction of sp³-hybridized carbons (Fsp3) is 0.300. The molecule has 3 aromatic rings. The molecule has 1 aliphatic heterocycles. The molecule has 1 saturated heterocycles. The summed E-state index contributed by atoms with van der Waals surface area (Å²) in [6.45, 7) is 2.04. The van der Waals surface area contributed by atoms with Gasteiger partial charge < -0.3 is 10.1 Å². The van der Waals surface area contributed by atoms with Crippen molar-refractivity contribution in [3.63, 3.8) is 0 Å². The third-order valence-electron chi connectivity index (χ3n) is 5.05. The van der Waals surface area contributed by atoms with Crippen LogP contribution in [0, 0.1) is 11.3 Å². The van der Waals surface area contributed by atoms with Crippen molar-refractivity contribution in [3.8, 4) is 11.8 Å². The highest BCUT2D eigenvalue weighted by atomic mass is 35.5. The molecule has 1 N–H and O–H groups in total. The summed E-state index contributed by atoms with van der Waals surface area (Å²) in [5, 5.41) is 13.1. The number of imidazole rings is 1. The molecular weight excluding hydrogens is 364 g/mol. The van der Waals surface area contributed by atoms with Gasteiger partial charge in [-0.2, -0.15) is 5.26 Å². The van der Waals surface area contributed by atoms with Crippen LogP contribution in [0.1, 0.15) is 23.6 Å². The van der Waals surface area contributed by atoms with Crippen molar-refractivity contribution in [2.75, 3.05) is 20.2 Å². The Hall–Kier alpha value is -2.75. The van der Waals surface area contributed by atoms with Crippen molar-refractivity contribution in [1.29, 1.82) is 5.26 Å². The molecule has 1 atom stereocenters. The molecule has 0 saturated carbocycles. The van der Waals surface area contributed by atoms with E-state index in [1.54, 1.807) is 35.9 Å². The summed E-state index contributed by atoms with van der Waals surface area (Å²) in [7, 11) is 1.57. The van der Waals surface area contributed by atoms with Gasteiger partial charge in [0.15, 0.2) is 0 Å². The molecule has 2 aromatic carbocycles. The maximum atomic E-state index is 13.2. The Bertz CT molecular complexity index is 1100. The number of ether oxygens (including phenoxy) is 1. The van der Waals surface area contributed by atoms with E-state index in [0.29, 0.717) is 22.9 Å². The maximum absolute atomic E-state index is 13.2. The lowest BCUT2D eigenvalue weighted by Gasteiger charge is -2.10. The van der Waals surface area contributed by atoms with Gasteiger partial charge in [0.25, 0.3) is 0 Å². The van der Waals surface area contributed by atoms with Crippen molar-refractivity contribution in [1.82, 2.24) is 14.5 Å². The molecule has 7 heteroatoms. The van der Waals surface area contributed by atoms with Crippen molar-refractivity contribution >= 4 is 22.6 Å². The number of hydrogen-bond acceptors (Lipinski definition) is 4. The Labute approximate surface area is 161 Å². The Morgan fingerprint density at radius 2 is 2.15 bits per heavy atom. The van der Waals surface area contributed by atoms with Crippen LogP contribution in [0.25, 0.3) is 11.0 Å². The van der Waals surface area contributed by atoms with Crippen molar-refractivity contribution < 1.29 is 4.74 Å². The molecule has 0 aliphatic carbocycles. The largest absolute Gasteiger partial charge is 0.495 e. The highest BCUT2D eigenvalue weighted by molar-refractivity contribution is 6.32. The summed E-state index contributed by atoms with van der Waals surface area (Å²) in [4.78, 5) is 13.2. The Morgan fingerprint density at radius 3 is 2.81 bits per heavy atom. The summed E-state index contributed by atoms with van der Waals surface area (Å²) in [5.41, 5.74) is 2.98. The molecule has 0 unspecified atom stereocenters. The minimum Gasteiger partial charge on any atom is -0.495 e. The lowest BCUT2D eigenvalue weighted by Crippen LogP contribution is -2.28. The molecule has 0 radical (unpaired) electrons. The van der Waals surface area contributed by atoms with Crippen LogP contribution in [0.2, 0.25) is 5.02 Å². The first-order chi connectivity index (χ1) is 13.1. The van der Waals surface area contributed by atoms with E-state index in [1.807, 2.05) is 16.7 Å². The monoisotopic (exact) mass is 382 g/mol. The lowest BCUT2D eigenvalue weighted by molar-refractivity contribution is 0.415. The second kappa shape index (κ2) is 7.10. The SMILES string of the molecule is COc1ccc(Cn2c(=O)n([C@H]3CCNC3)c3ccc(C#N)cc32)cc1Cl. The van der Waals surface area contributed by atoms with Crippen molar-refractivity contribution in [3.05, 3.63) is 63.0 Å². The smallest absolute Gasteiger partial charge is 0.329 e. The zero-order valence-electron chi connectivity index (χ0n) is 14.9. The predicted molar refractivity (Wildman–Crippen MR) is 105 cm³/mol. The van der Waals surface area contributed by atoms with Crippen LogP contribution in [0.4, 0.5) is 0 Å². The normalized spacial score (nSPS) is 16.6. The van der Waals surface area contributed by atoms with E-state index >= 15 is 0 Å². The molecule has 0 amide bonds. The first kappa shape index (κ1) is 17.7. The van der Waals surface area contributed by atoms with Gasteiger partial charge in [0.1, 0.15) is 5.75 Å². The van der Waals surface area contributed by atoms with Crippen LogP contribution >= 0.6 is 11.6 Å². The molecule has 1 fully saturated rings. The molecule has 0 bridgehead atoms. The van der Waals surface area contributed by atoms with E-state index in [-0.39, 0.29) is 11.7 Å². The van der Waals surface area contributed by atoms with Crippen molar-refractivity contribution in [2.24, 2.45) is 0 Å². The van der Waals surface area contributed by atoms with Gasteiger partial charge in [-0.15, -0.1) is 0 Å². The fourth-order valence-electron chi connectivity index (χ4n) is 3.71. The molecule has 27 heavy (non-hydrogen) atoms. The Morgan fingerprint density at radius 1 is 1.30 bits per heavy atom. The Balaban J connectivity index is 1.86. The van der Waals surface area contributed by atoms with E-state index in [9.17, 15) is 10.1 Å². The third kappa shape index (κ3) is 3.09. The Kier molecular flexibility index (Phi) is 4.65. The molecule has 2 heterocycles. The summed E-state index contributed by atoms with van der Waals surface area (Å²) < 4.78 is 8.76. The average molecular weight is 383 g/mol. The number of fused-ring (bicyclic) bond motifs is 1. The molecule has 6 nitrogen and oxygen atoms in total. The maximum Gasteiger partial charge on any atom is 0.329 e. The minimum absolute atomic E-state index is 0.0688. The van der Waals surface area contributed by atoms with Gasteiger partial charge in [0, 0.05) is 6.54 Å². The van der Waals surface area contributed by atoms with Gasteiger partial charge in [-0.25, -0.2) is 4.79 Å². The first-order valence-corrected chi connectivity index (χ1v) is 9.18. The number of nitrogens with zero attached hydrogens (tertiary/aromatic N) is 3. The molecule has 138 valence electrons. The molecule has 1 aromatic heterocycles. The summed E-state index contributed by atoms with van der Waals surface area (Å²) >= 11 is 6.24. The van der Waals surface area contributed by atoms with Gasteiger partial charge in [0.2, 0.25) is 0 Å². The van der Waals surface area contributed by atoms with E-state index in [2.05, 4.69) is 11.4 Å². The van der Waals surface area contributed by atoms with Crippen LogP contribution < -0.4 is 15.7 Å². The number of aromatic nitrogens is 2. The van der Waals surface area contributed by atoms with Crippen LogP contribution in [0.3, 0.4) is 0 Å². The number of nitriles is 1. The van der Waals surface area contributed by atoms with Crippen molar-refractivity contribution in [2.45, 2.75) is 19.0 Å². The standard InChI is InChI=1S/C20H19ClN4O2/c1-27-19-5-3-14(8-16(19)21)12-24-18-9-13(10-22)2-4-17(18)25(20(24)26)15-6-7-23-11-15/h2-5,8-9,15,23H,6-7,11-12H2,1H3/t15-/m0/s1. The van der Waals surface area contributed by atoms with Gasteiger partial charge >= 0.3 is 5.69 Å². The summed E-state index contributed by atoms with van der Waals surface area (Å²) in [5.74, 6) is 0.596. The van der Waals surface area contributed by atoms with Gasteiger partial charge in [-0.3, -0.25) is 9.13 Å². The molecule has 4 rings (SSSR count). The highest BCUT2D eigenvalue weighted by Crippen LogP contribution is 2.27. The van der Waals surface area contributed by atoms with E-state index in [0.717, 1.165) is 36.1 Å². The first-order valence-electron chi connectivity index (χ1n) is 8.80. The van der Waals surface area contributed by atoms with Crippen LogP contribution in [-0.4, -0.2) is 29.3 Å². The topological polar surface area (TPSA) is 72.0 Å². The molecular formula is C20H19ClN4O2. The predicted octanol–water partition coefficient (Wildman–Crippen LogP) is 2.92. The van der Waals surface area contributed by atoms with Gasteiger partial charge in [-0.1, -0.05) is 17.7 Å². The molecule has 0 spiro atoms. The van der Waals surface area contributed by atoms with Crippen LogP contribution in [-0.2, 0) is 6.54 Å². The number of benzene rings is 2. The number of halogens is 1. The number of nitrogens with one attached hydrogen (secondary N) is 1. The lowest BCUT2D eigenvalue weighted by atomic mass is 10.2. The number of methoxy groups -OCH3 is 1. The summed E-state index contributed by atoms with van der Waals surface area (Å²) in [6, 6.07) is 13.2. The van der Waals surface area contributed by atoms with E-state index in [4.69, 9.17) is 16.3 Å². The van der Waals surface area contributed by atoms with E-state index in [1.165, 1.54) is 0 Å². The minimum atomic E-state index is -0.0688. The van der Waals surface area contributed by atoms with Gasteiger partial charge in [-0.05, 0) is 48.9 Å². The fourth-order valence-corrected chi connectivity index (χ4v) is 3.99. The van der Waals surface area contributed by atoms with E-state index < -0.39 is 0 Å². The molecule has 1 aliphatic rings. The average Bonchev–Trinajstić information content (AvgIpc) is 3.28. The number of hydrogen-bond donors (Lipinski definition) is 1. The zero-order valence-corrected chi connectivity index (χ0v) is 15.7. The highest BCUT2D eigenvalue weighted by Gasteiger charge is 2.23.